The quantitative estimate of drug-likeness (QED) is 0.853. The molecule has 2 N–H and O–H groups in total. The van der Waals surface area contributed by atoms with E-state index < -0.39 is 5.92 Å². The number of aromatic nitrogens is 1. The Morgan fingerprint density at radius 2 is 1.96 bits per heavy atom. The van der Waals surface area contributed by atoms with Gasteiger partial charge in [-0.05, 0) is 49.6 Å². The maximum atomic E-state index is 13.5. The molecule has 2 aliphatic rings. The highest BCUT2D eigenvalue weighted by atomic mass is 19.1. The van der Waals surface area contributed by atoms with Gasteiger partial charge in [0.15, 0.2) is 5.78 Å². The van der Waals surface area contributed by atoms with Crippen LogP contribution in [-0.4, -0.2) is 16.7 Å². The van der Waals surface area contributed by atoms with Crippen LogP contribution in [0.25, 0.3) is 0 Å². The van der Waals surface area contributed by atoms with Gasteiger partial charge in [0, 0.05) is 41.1 Å². The summed E-state index contributed by atoms with van der Waals surface area (Å²) in [5.41, 5.74) is 3.32. The van der Waals surface area contributed by atoms with E-state index in [1.165, 1.54) is 12.1 Å². The van der Waals surface area contributed by atoms with Crippen LogP contribution in [0.3, 0.4) is 0 Å². The van der Waals surface area contributed by atoms with Gasteiger partial charge in [-0.25, -0.2) is 9.37 Å². The van der Waals surface area contributed by atoms with Crippen molar-refractivity contribution >= 4 is 17.5 Å². The molecule has 0 saturated carbocycles. The molecule has 0 radical (unpaired) electrons. The topological polar surface area (TPSA) is 71.1 Å². The molecule has 2 aromatic rings. The number of carbonyl (C=O) groups excluding carboxylic acids is 2. The summed E-state index contributed by atoms with van der Waals surface area (Å²) in [6.07, 6.45) is 3.58. The summed E-state index contributed by atoms with van der Waals surface area (Å²) in [4.78, 5) is 30.1. The molecule has 0 spiro atoms. The number of nitrogens with one attached hydrogen (secondary N) is 2. The van der Waals surface area contributed by atoms with Crippen molar-refractivity contribution in [1.82, 2.24) is 10.3 Å². The van der Waals surface area contributed by atoms with Crippen LogP contribution in [0.4, 0.5) is 10.2 Å². The minimum absolute atomic E-state index is 0.0266. The summed E-state index contributed by atoms with van der Waals surface area (Å²) in [5, 5.41) is 6.07. The minimum Gasteiger partial charge on any atom is -0.362 e. The molecule has 6 heteroatoms. The van der Waals surface area contributed by atoms with E-state index in [1.54, 1.807) is 36.5 Å². The summed E-state index contributed by atoms with van der Waals surface area (Å²) in [6, 6.07) is 11.2. The minimum atomic E-state index is -0.534. The second kappa shape index (κ2) is 7.38. The van der Waals surface area contributed by atoms with Crippen LogP contribution >= 0.6 is 0 Å². The van der Waals surface area contributed by atoms with Crippen LogP contribution in [0.2, 0.25) is 0 Å². The summed E-state index contributed by atoms with van der Waals surface area (Å²) in [6.45, 7) is 1.83. The standard InChI is InChI=1S/C22H20FN3O2/c1-13-19(22(28)26-18-7-2-3-12-24-18)20(14-8-10-15(23)11-9-14)21-16(25-13)5-4-6-17(21)27/h2-3,7-12,20,25H,4-6H2,1H3,(H,24,26,28). The third-order valence-corrected chi connectivity index (χ3v) is 5.13. The van der Waals surface area contributed by atoms with Gasteiger partial charge < -0.3 is 10.6 Å². The van der Waals surface area contributed by atoms with Crippen molar-refractivity contribution in [3.8, 4) is 0 Å². The molecule has 28 heavy (non-hydrogen) atoms. The highest BCUT2D eigenvalue weighted by Gasteiger charge is 2.38. The number of dihydropyridines is 1. The van der Waals surface area contributed by atoms with Gasteiger partial charge in [0.25, 0.3) is 5.91 Å². The summed E-state index contributed by atoms with van der Waals surface area (Å²) < 4.78 is 13.5. The molecular weight excluding hydrogens is 357 g/mol. The number of allylic oxidation sites excluding steroid dienone is 3. The van der Waals surface area contributed by atoms with Gasteiger partial charge in [-0.2, -0.15) is 0 Å². The first-order valence-electron chi connectivity index (χ1n) is 9.26. The predicted octanol–water partition coefficient (Wildman–Crippen LogP) is 3.83. The monoisotopic (exact) mass is 377 g/mol. The number of Topliss-reactive ketones (excluding diaryl/α,β-unsaturated/α-hetero) is 1. The second-order valence-corrected chi connectivity index (χ2v) is 6.99. The number of hydrogen-bond acceptors (Lipinski definition) is 4. The van der Waals surface area contributed by atoms with Crippen molar-refractivity contribution in [3.63, 3.8) is 0 Å². The lowest BCUT2D eigenvalue weighted by Gasteiger charge is -2.34. The smallest absolute Gasteiger partial charge is 0.255 e. The molecule has 0 fully saturated rings. The lowest BCUT2D eigenvalue weighted by molar-refractivity contribution is -0.116. The van der Waals surface area contributed by atoms with Gasteiger partial charge in [-0.15, -0.1) is 0 Å². The second-order valence-electron chi connectivity index (χ2n) is 6.99. The third-order valence-electron chi connectivity index (χ3n) is 5.13. The van der Waals surface area contributed by atoms with Crippen LogP contribution in [0, 0.1) is 5.82 Å². The number of amides is 1. The van der Waals surface area contributed by atoms with Crippen molar-refractivity contribution in [2.24, 2.45) is 0 Å². The molecule has 1 aliphatic carbocycles. The van der Waals surface area contributed by atoms with E-state index in [2.05, 4.69) is 15.6 Å². The molecular formula is C22H20FN3O2. The number of rotatable bonds is 3. The fraction of sp³-hybridized carbons (Fsp3) is 0.227. The van der Waals surface area contributed by atoms with Crippen molar-refractivity contribution in [1.29, 1.82) is 0 Å². The Kier molecular flexibility index (Phi) is 4.77. The molecule has 2 heterocycles. The SMILES string of the molecule is CC1=C(C(=O)Nc2ccccn2)C(c2ccc(F)cc2)C2=C(CCCC2=O)N1. The molecule has 1 aromatic carbocycles. The maximum Gasteiger partial charge on any atom is 0.255 e. The van der Waals surface area contributed by atoms with Crippen molar-refractivity contribution in [2.75, 3.05) is 5.32 Å². The van der Waals surface area contributed by atoms with Gasteiger partial charge in [0.05, 0.1) is 0 Å². The summed E-state index contributed by atoms with van der Waals surface area (Å²) >= 11 is 0. The van der Waals surface area contributed by atoms with Gasteiger partial charge in [-0.3, -0.25) is 9.59 Å². The molecule has 5 nitrogen and oxygen atoms in total. The third kappa shape index (κ3) is 3.33. The Labute approximate surface area is 162 Å². The Morgan fingerprint density at radius 1 is 1.18 bits per heavy atom. The van der Waals surface area contributed by atoms with E-state index in [1.807, 2.05) is 6.92 Å². The Bertz CT molecular complexity index is 994. The predicted molar refractivity (Wildman–Crippen MR) is 104 cm³/mol. The average molecular weight is 377 g/mol. The summed E-state index contributed by atoms with van der Waals surface area (Å²) in [5.74, 6) is -0.766. The van der Waals surface area contributed by atoms with Gasteiger partial charge in [0.1, 0.15) is 11.6 Å². The molecule has 0 saturated heterocycles. The lowest BCUT2D eigenvalue weighted by Crippen LogP contribution is -2.35. The van der Waals surface area contributed by atoms with Crippen LogP contribution in [0.15, 0.2) is 71.2 Å². The molecule has 0 bridgehead atoms. The number of ketones is 1. The number of nitrogens with zero attached hydrogens (tertiary/aromatic N) is 1. The van der Waals surface area contributed by atoms with E-state index >= 15 is 0 Å². The van der Waals surface area contributed by atoms with Gasteiger partial charge in [0.2, 0.25) is 0 Å². The van der Waals surface area contributed by atoms with E-state index in [4.69, 9.17) is 0 Å². The van der Waals surface area contributed by atoms with E-state index in [0.29, 0.717) is 29.1 Å². The molecule has 1 aliphatic heterocycles. The highest BCUT2D eigenvalue weighted by Crippen LogP contribution is 2.42. The van der Waals surface area contributed by atoms with Crippen molar-refractivity contribution < 1.29 is 14.0 Å². The number of benzene rings is 1. The molecule has 1 atom stereocenters. The van der Waals surface area contributed by atoms with E-state index in [-0.39, 0.29) is 17.5 Å². The van der Waals surface area contributed by atoms with E-state index in [9.17, 15) is 14.0 Å². The van der Waals surface area contributed by atoms with Crippen molar-refractivity contribution in [2.45, 2.75) is 32.1 Å². The number of pyridine rings is 1. The zero-order chi connectivity index (χ0) is 19.7. The van der Waals surface area contributed by atoms with Crippen LogP contribution in [-0.2, 0) is 9.59 Å². The fourth-order valence-corrected chi connectivity index (χ4v) is 3.89. The van der Waals surface area contributed by atoms with Crippen molar-refractivity contribution in [3.05, 3.63) is 82.6 Å². The fourth-order valence-electron chi connectivity index (χ4n) is 3.89. The Hall–Kier alpha value is -3.28. The first-order valence-corrected chi connectivity index (χ1v) is 9.26. The first kappa shape index (κ1) is 18.1. The van der Waals surface area contributed by atoms with Crippen LogP contribution in [0.1, 0.15) is 37.7 Å². The number of carbonyl (C=O) groups is 2. The zero-order valence-corrected chi connectivity index (χ0v) is 15.5. The largest absolute Gasteiger partial charge is 0.362 e. The lowest BCUT2D eigenvalue weighted by atomic mass is 9.75. The summed E-state index contributed by atoms with van der Waals surface area (Å²) in [7, 11) is 0. The van der Waals surface area contributed by atoms with E-state index in [0.717, 1.165) is 24.1 Å². The van der Waals surface area contributed by atoms with Gasteiger partial charge in [-0.1, -0.05) is 18.2 Å². The molecule has 1 amide bonds. The van der Waals surface area contributed by atoms with Crippen LogP contribution in [0.5, 0.6) is 0 Å². The Morgan fingerprint density at radius 3 is 2.68 bits per heavy atom. The average Bonchev–Trinajstić information content (AvgIpc) is 2.68. The zero-order valence-electron chi connectivity index (χ0n) is 15.5. The molecule has 1 aromatic heterocycles. The number of halogens is 1. The number of hydrogen-bond donors (Lipinski definition) is 2. The molecule has 4 rings (SSSR count). The molecule has 142 valence electrons. The Balaban J connectivity index is 1.79. The maximum absolute atomic E-state index is 13.5. The number of anilines is 1. The van der Waals surface area contributed by atoms with Crippen LogP contribution < -0.4 is 10.6 Å². The molecule has 1 unspecified atom stereocenters. The highest BCUT2D eigenvalue weighted by molar-refractivity contribution is 6.09. The normalized spacial score (nSPS) is 19.2. The van der Waals surface area contributed by atoms with Gasteiger partial charge >= 0.3 is 0 Å². The first-order chi connectivity index (χ1) is 13.5.